The zero-order chi connectivity index (χ0) is 12.0. The number of carbonyl (C=O) groups is 1. The fraction of sp³-hybridized carbons (Fsp3) is 0.333. The average Bonchev–Trinajstić information content (AvgIpc) is 3.07. The number of aliphatic carboxylic acids is 1. The minimum Gasteiger partial charge on any atom is -0.480 e. The topological polar surface area (TPSA) is 81.1 Å². The van der Waals surface area contributed by atoms with Gasteiger partial charge in [-0.2, -0.15) is 0 Å². The van der Waals surface area contributed by atoms with Gasteiger partial charge in [0.05, 0.1) is 17.4 Å². The third-order valence-electron chi connectivity index (χ3n) is 3.17. The standard InChI is InChI=1S/C12H13N3O2/c13-10(12(16)17)8-2-1-3-9-11(8)15(6-14-9)7-4-5-7/h1-3,6-7,10H,4-5,13H2,(H,16,17). The molecule has 0 spiro atoms. The number of imidazole rings is 1. The highest BCUT2D eigenvalue weighted by molar-refractivity contribution is 5.86. The first kappa shape index (κ1) is 10.3. The van der Waals surface area contributed by atoms with Gasteiger partial charge in [-0.1, -0.05) is 12.1 Å². The SMILES string of the molecule is NC(C(=O)O)c1cccc2ncn(C3CC3)c12. The van der Waals surface area contributed by atoms with Crippen molar-refractivity contribution in [1.29, 1.82) is 0 Å². The van der Waals surface area contributed by atoms with Crippen molar-refractivity contribution in [2.75, 3.05) is 0 Å². The van der Waals surface area contributed by atoms with E-state index in [4.69, 9.17) is 10.8 Å². The van der Waals surface area contributed by atoms with E-state index in [1.165, 1.54) is 0 Å². The van der Waals surface area contributed by atoms with Crippen molar-refractivity contribution in [2.45, 2.75) is 24.9 Å². The van der Waals surface area contributed by atoms with Crippen LogP contribution in [0, 0.1) is 0 Å². The quantitative estimate of drug-likeness (QED) is 0.837. The summed E-state index contributed by atoms with van der Waals surface area (Å²) in [4.78, 5) is 15.3. The number of nitrogens with two attached hydrogens (primary N) is 1. The van der Waals surface area contributed by atoms with Crippen LogP contribution in [0.15, 0.2) is 24.5 Å². The van der Waals surface area contributed by atoms with Gasteiger partial charge < -0.3 is 15.4 Å². The van der Waals surface area contributed by atoms with E-state index in [2.05, 4.69) is 4.98 Å². The van der Waals surface area contributed by atoms with E-state index in [9.17, 15) is 4.79 Å². The van der Waals surface area contributed by atoms with Crippen molar-refractivity contribution < 1.29 is 9.90 Å². The largest absolute Gasteiger partial charge is 0.480 e. The van der Waals surface area contributed by atoms with Crippen LogP contribution >= 0.6 is 0 Å². The van der Waals surface area contributed by atoms with E-state index < -0.39 is 12.0 Å². The lowest BCUT2D eigenvalue weighted by Gasteiger charge is -2.11. The Labute approximate surface area is 97.9 Å². The third-order valence-corrected chi connectivity index (χ3v) is 3.17. The molecule has 5 nitrogen and oxygen atoms in total. The lowest BCUT2D eigenvalue weighted by molar-refractivity contribution is -0.138. The maximum Gasteiger partial charge on any atom is 0.325 e. The molecule has 1 aliphatic rings. The van der Waals surface area contributed by atoms with E-state index >= 15 is 0 Å². The van der Waals surface area contributed by atoms with Crippen molar-refractivity contribution in [1.82, 2.24) is 9.55 Å². The molecule has 0 saturated heterocycles. The highest BCUT2D eigenvalue weighted by Gasteiger charge is 2.27. The van der Waals surface area contributed by atoms with E-state index in [1.54, 1.807) is 18.5 Å². The molecule has 1 unspecified atom stereocenters. The van der Waals surface area contributed by atoms with Gasteiger partial charge in [0, 0.05) is 11.6 Å². The molecule has 0 bridgehead atoms. The van der Waals surface area contributed by atoms with Crippen LogP contribution in [0.2, 0.25) is 0 Å². The van der Waals surface area contributed by atoms with Gasteiger partial charge in [0.1, 0.15) is 6.04 Å². The fourth-order valence-electron chi connectivity index (χ4n) is 2.13. The zero-order valence-electron chi connectivity index (χ0n) is 9.21. The Morgan fingerprint density at radius 1 is 1.53 bits per heavy atom. The minimum atomic E-state index is -1.01. The molecule has 17 heavy (non-hydrogen) atoms. The van der Waals surface area contributed by atoms with Crippen molar-refractivity contribution in [3.05, 3.63) is 30.1 Å². The van der Waals surface area contributed by atoms with Crippen LogP contribution in [0.4, 0.5) is 0 Å². The Hall–Kier alpha value is -1.88. The summed E-state index contributed by atoms with van der Waals surface area (Å²) >= 11 is 0. The molecule has 0 aliphatic heterocycles. The molecule has 5 heteroatoms. The maximum atomic E-state index is 11.0. The monoisotopic (exact) mass is 231 g/mol. The second kappa shape index (κ2) is 3.56. The number of hydrogen-bond acceptors (Lipinski definition) is 3. The maximum absolute atomic E-state index is 11.0. The predicted octanol–water partition coefficient (Wildman–Crippen LogP) is 1.46. The molecular formula is C12H13N3O2. The molecule has 1 aliphatic carbocycles. The number of carboxylic acids is 1. The Morgan fingerprint density at radius 2 is 2.29 bits per heavy atom. The second-order valence-corrected chi connectivity index (χ2v) is 4.41. The van der Waals surface area contributed by atoms with Gasteiger partial charge in [-0.05, 0) is 18.9 Å². The van der Waals surface area contributed by atoms with Crippen molar-refractivity contribution in [3.63, 3.8) is 0 Å². The molecule has 0 radical (unpaired) electrons. The summed E-state index contributed by atoms with van der Waals surface area (Å²) in [7, 11) is 0. The van der Waals surface area contributed by atoms with Crippen molar-refractivity contribution >= 4 is 17.0 Å². The van der Waals surface area contributed by atoms with E-state index in [1.807, 2.05) is 10.6 Å². The number of nitrogens with zero attached hydrogens (tertiary/aromatic N) is 2. The van der Waals surface area contributed by atoms with Crippen LogP contribution in [-0.4, -0.2) is 20.6 Å². The third kappa shape index (κ3) is 1.59. The molecular weight excluding hydrogens is 218 g/mol. The summed E-state index contributed by atoms with van der Waals surface area (Å²) in [5.74, 6) is -1.01. The van der Waals surface area contributed by atoms with Gasteiger partial charge in [-0.3, -0.25) is 4.79 Å². The average molecular weight is 231 g/mol. The van der Waals surface area contributed by atoms with Crippen LogP contribution in [0.3, 0.4) is 0 Å². The summed E-state index contributed by atoms with van der Waals surface area (Å²) in [6.07, 6.45) is 4.03. The Bertz CT molecular complexity index is 586. The zero-order valence-corrected chi connectivity index (χ0v) is 9.21. The molecule has 1 aromatic carbocycles. The van der Waals surface area contributed by atoms with Crippen LogP contribution in [0.1, 0.15) is 30.5 Å². The van der Waals surface area contributed by atoms with Crippen LogP contribution < -0.4 is 5.73 Å². The summed E-state index contributed by atoms with van der Waals surface area (Å²) in [5, 5.41) is 9.02. The van der Waals surface area contributed by atoms with Crippen LogP contribution in [0.25, 0.3) is 11.0 Å². The van der Waals surface area contributed by atoms with E-state index in [0.29, 0.717) is 11.6 Å². The van der Waals surface area contributed by atoms with Gasteiger partial charge in [-0.25, -0.2) is 4.98 Å². The molecule has 1 saturated carbocycles. The highest BCUT2D eigenvalue weighted by atomic mass is 16.4. The lowest BCUT2D eigenvalue weighted by atomic mass is 10.1. The first-order valence-corrected chi connectivity index (χ1v) is 5.62. The molecule has 1 heterocycles. The van der Waals surface area contributed by atoms with Crippen molar-refractivity contribution in [2.24, 2.45) is 5.73 Å². The molecule has 3 N–H and O–H groups in total. The number of carboxylic acid groups (broad SMARTS) is 1. The highest BCUT2D eigenvalue weighted by Crippen LogP contribution is 2.38. The van der Waals surface area contributed by atoms with E-state index in [0.717, 1.165) is 23.9 Å². The number of fused-ring (bicyclic) bond motifs is 1. The molecule has 88 valence electrons. The first-order valence-electron chi connectivity index (χ1n) is 5.62. The van der Waals surface area contributed by atoms with Crippen LogP contribution in [-0.2, 0) is 4.79 Å². The van der Waals surface area contributed by atoms with E-state index in [-0.39, 0.29) is 0 Å². The summed E-state index contributed by atoms with van der Waals surface area (Å²) in [6, 6.07) is 4.91. The lowest BCUT2D eigenvalue weighted by Crippen LogP contribution is -2.21. The van der Waals surface area contributed by atoms with Crippen molar-refractivity contribution in [3.8, 4) is 0 Å². The molecule has 3 rings (SSSR count). The van der Waals surface area contributed by atoms with Gasteiger partial charge in [0.25, 0.3) is 0 Å². The first-order chi connectivity index (χ1) is 8.18. The predicted molar refractivity (Wildman–Crippen MR) is 62.6 cm³/mol. The summed E-state index contributed by atoms with van der Waals surface area (Å²) in [5.41, 5.74) is 8.03. The normalized spacial score (nSPS) is 17.2. The number of hydrogen-bond donors (Lipinski definition) is 2. The molecule has 0 amide bonds. The Morgan fingerprint density at radius 3 is 2.94 bits per heavy atom. The second-order valence-electron chi connectivity index (χ2n) is 4.41. The number of para-hydroxylation sites is 1. The van der Waals surface area contributed by atoms with Gasteiger partial charge >= 0.3 is 5.97 Å². The van der Waals surface area contributed by atoms with Crippen LogP contribution in [0.5, 0.6) is 0 Å². The Balaban J connectivity index is 2.22. The smallest absolute Gasteiger partial charge is 0.325 e. The van der Waals surface area contributed by atoms with Gasteiger partial charge in [0.15, 0.2) is 0 Å². The molecule has 1 aromatic heterocycles. The number of benzene rings is 1. The molecule has 2 aromatic rings. The fourth-order valence-corrected chi connectivity index (χ4v) is 2.13. The minimum absolute atomic E-state index is 0.460. The molecule has 1 atom stereocenters. The Kier molecular flexibility index (Phi) is 2.16. The molecule has 1 fully saturated rings. The van der Waals surface area contributed by atoms with Gasteiger partial charge in [-0.15, -0.1) is 0 Å². The summed E-state index contributed by atoms with van der Waals surface area (Å²) < 4.78 is 2.05. The number of aromatic nitrogens is 2. The number of rotatable bonds is 3. The summed E-state index contributed by atoms with van der Waals surface area (Å²) in [6.45, 7) is 0. The van der Waals surface area contributed by atoms with Gasteiger partial charge in [0.2, 0.25) is 0 Å².